The first-order valence-corrected chi connectivity index (χ1v) is 7.98. The summed E-state index contributed by atoms with van der Waals surface area (Å²) in [5, 5.41) is 7.52. The van der Waals surface area contributed by atoms with E-state index in [1.165, 1.54) is 6.07 Å². The van der Waals surface area contributed by atoms with Crippen molar-refractivity contribution in [3.05, 3.63) is 83.0 Å². The lowest BCUT2D eigenvalue weighted by molar-refractivity contribution is 1.05. The molecule has 0 aliphatic rings. The van der Waals surface area contributed by atoms with Gasteiger partial charge in [0, 0.05) is 41.0 Å². The highest BCUT2D eigenvalue weighted by Gasteiger charge is 2.14. The molecule has 0 spiro atoms. The van der Waals surface area contributed by atoms with Crippen molar-refractivity contribution in [1.29, 1.82) is 0 Å². The molecule has 3 heterocycles. The van der Waals surface area contributed by atoms with Crippen molar-refractivity contribution in [3.8, 4) is 33.6 Å². The topological polar surface area (TPSA) is 74.4 Å². The van der Waals surface area contributed by atoms with Gasteiger partial charge >= 0.3 is 0 Å². The van der Waals surface area contributed by atoms with E-state index in [2.05, 4.69) is 20.2 Å². The van der Waals surface area contributed by atoms with E-state index in [-0.39, 0.29) is 5.56 Å². The van der Waals surface area contributed by atoms with Crippen LogP contribution in [0.25, 0.3) is 33.6 Å². The standard InChI is InChI=1S/C20H16N4O/c1-13-19(20(24-23-13)16-9-11-21-12-10-16)15-7-5-14(6-8-15)17-3-2-4-18(25)22-17/h2-12H,1H3,(H,22,25)(H,23,24). The second kappa shape index (κ2) is 6.20. The molecule has 0 radical (unpaired) electrons. The van der Waals surface area contributed by atoms with Crippen LogP contribution in [0.4, 0.5) is 0 Å². The maximum atomic E-state index is 11.5. The van der Waals surface area contributed by atoms with Crippen molar-refractivity contribution in [2.45, 2.75) is 6.92 Å². The molecule has 0 saturated carbocycles. The minimum atomic E-state index is -0.104. The molecule has 2 N–H and O–H groups in total. The van der Waals surface area contributed by atoms with Crippen LogP contribution in [0.3, 0.4) is 0 Å². The Bertz CT molecular complexity index is 1060. The highest BCUT2D eigenvalue weighted by molar-refractivity contribution is 5.83. The van der Waals surface area contributed by atoms with E-state index >= 15 is 0 Å². The highest BCUT2D eigenvalue weighted by atomic mass is 16.1. The molecule has 1 aromatic carbocycles. The molecule has 5 heteroatoms. The Hall–Kier alpha value is -3.47. The van der Waals surface area contributed by atoms with Gasteiger partial charge in [-0.05, 0) is 36.2 Å². The van der Waals surface area contributed by atoms with Gasteiger partial charge in [-0.2, -0.15) is 5.10 Å². The maximum absolute atomic E-state index is 11.5. The van der Waals surface area contributed by atoms with E-state index in [9.17, 15) is 4.79 Å². The van der Waals surface area contributed by atoms with Crippen molar-refractivity contribution in [2.75, 3.05) is 0 Å². The molecular weight excluding hydrogens is 312 g/mol. The number of nitrogens with zero attached hydrogens (tertiary/aromatic N) is 2. The van der Waals surface area contributed by atoms with Crippen LogP contribution in [0.2, 0.25) is 0 Å². The molecule has 0 atom stereocenters. The lowest BCUT2D eigenvalue weighted by Crippen LogP contribution is -2.03. The van der Waals surface area contributed by atoms with E-state index in [4.69, 9.17) is 0 Å². The third-order valence-corrected chi connectivity index (χ3v) is 4.15. The monoisotopic (exact) mass is 328 g/mol. The molecule has 5 nitrogen and oxygen atoms in total. The molecule has 0 aliphatic heterocycles. The largest absolute Gasteiger partial charge is 0.322 e. The molecule has 0 fully saturated rings. The van der Waals surface area contributed by atoms with Gasteiger partial charge in [0.05, 0.1) is 0 Å². The lowest BCUT2D eigenvalue weighted by Gasteiger charge is -2.07. The van der Waals surface area contributed by atoms with Crippen LogP contribution in [0.5, 0.6) is 0 Å². The number of hydrogen-bond donors (Lipinski definition) is 2. The fourth-order valence-electron chi connectivity index (χ4n) is 2.93. The fourth-order valence-corrected chi connectivity index (χ4v) is 2.93. The number of aromatic amines is 2. The summed E-state index contributed by atoms with van der Waals surface area (Å²) in [5.41, 5.74) is 6.73. The third kappa shape index (κ3) is 2.87. The van der Waals surface area contributed by atoms with Crippen LogP contribution in [0.1, 0.15) is 5.69 Å². The second-order valence-electron chi connectivity index (χ2n) is 5.81. The lowest BCUT2D eigenvalue weighted by atomic mass is 9.98. The summed E-state index contributed by atoms with van der Waals surface area (Å²) in [6.45, 7) is 2.01. The van der Waals surface area contributed by atoms with E-state index in [0.717, 1.165) is 39.3 Å². The van der Waals surface area contributed by atoms with Gasteiger partial charge in [-0.15, -0.1) is 0 Å². The Morgan fingerprint density at radius 1 is 0.840 bits per heavy atom. The summed E-state index contributed by atoms with van der Waals surface area (Å²) in [5.74, 6) is 0. The quantitative estimate of drug-likeness (QED) is 0.600. The van der Waals surface area contributed by atoms with Gasteiger partial charge in [-0.3, -0.25) is 14.9 Å². The Labute approximate surface area is 144 Å². The van der Waals surface area contributed by atoms with E-state index in [0.29, 0.717) is 0 Å². The second-order valence-corrected chi connectivity index (χ2v) is 5.81. The number of hydrogen-bond acceptors (Lipinski definition) is 3. The molecular formula is C20H16N4O. The third-order valence-electron chi connectivity index (χ3n) is 4.15. The molecule has 4 rings (SSSR count). The van der Waals surface area contributed by atoms with Crippen LogP contribution in [-0.4, -0.2) is 20.2 Å². The predicted octanol–water partition coefficient (Wildman–Crippen LogP) is 3.80. The normalized spacial score (nSPS) is 10.8. The van der Waals surface area contributed by atoms with Crippen LogP contribution in [-0.2, 0) is 0 Å². The van der Waals surface area contributed by atoms with Gasteiger partial charge in [0.1, 0.15) is 5.69 Å². The molecule has 0 saturated heterocycles. The summed E-state index contributed by atoms with van der Waals surface area (Å²) in [6.07, 6.45) is 3.52. The molecule has 122 valence electrons. The Morgan fingerprint density at radius 3 is 2.28 bits per heavy atom. The maximum Gasteiger partial charge on any atom is 0.248 e. The van der Waals surface area contributed by atoms with Crippen LogP contribution >= 0.6 is 0 Å². The smallest absolute Gasteiger partial charge is 0.248 e. The summed E-state index contributed by atoms with van der Waals surface area (Å²) in [4.78, 5) is 18.4. The average molecular weight is 328 g/mol. The Kier molecular flexibility index (Phi) is 3.74. The van der Waals surface area contributed by atoms with Gasteiger partial charge < -0.3 is 4.98 Å². The number of H-pyrrole nitrogens is 2. The fraction of sp³-hybridized carbons (Fsp3) is 0.0500. The molecule has 0 aliphatic carbocycles. The van der Waals surface area contributed by atoms with Crippen LogP contribution in [0, 0.1) is 6.92 Å². The van der Waals surface area contributed by atoms with Crippen molar-refractivity contribution < 1.29 is 0 Å². The number of pyridine rings is 2. The molecule has 3 aromatic heterocycles. The van der Waals surface area contributed by atoms with Crippen molar-refractivity contribution in [2.24, 2.45) is 0 Å². The first kappa shape index (κ1) is 15.1. The van der Waals surface area contributed by atoms with Crippen molar-refractivity contribution in [3.63, 3.8) is 0 Å². The zero-order valence-electron chi connectivity index (χ0n) is 13.7. The number of aryl methyl sites for hydroxylation is 1. The number of nitrogens with one attached hydrogen (secondary N) is 2. The van der Waals surface area contributed by atoms with Gasteiger partial charge in [-0.25, -0.2) is 0 Å². The molecule has 0 unspecified atom stereocenters. The molecule has 4 aromatic rings. The first-order valence-electron chi connectivity index (χ1n) is 7.98. The SMILES string of the molecule is Cc1[nH]nc(-c2ccncc2)c1-c1ccc(-c2cccc(=O)[nH]2)cc1. The molecule has 25 heavy (non-hydrogen) atoms. The Morgan fingerprint density at radius 2 is 1.56 bits per heavy atom. The van der Waals surface area contributed by atoms with Gasteiger partial charge in [0.25, 0.3) is 0 Å². The molecule has 0 amide bonds. The van der Waals surface area contributed by atoms with E-state index < -0.39 is 0 Å². The average Bonchev–Trinajstić information content (AvgIpc) is 3.04. The van der Waals surface area contributed by atoms with Crippen molar-refractivity contribution in [1.82, 2.24) is 20.2 Å². The van der Waals surface area contributed by atoms with E-state index in [1.54, 1.807) is 18.5 Å². The van der Waals surface area contributed by atoms with Gasteiger partial charge in [-0.1, -0.05) is 30.3 Å². The van der Waals surface area contributed by atoms with Gasteiger partial charge in [0.15, 0.2) is 0 Å². The summed E-state index contributed by atoms with van der Waals surface area (Å²) in [6, 6.07) is 17.1. The van der Waals surface area contributed by atoms with Crippen LogP contribution < -0.4 is 5.56 Å². The minimum Gasteiger partial charge on any atom is -0.322 e. The zero-order chi connectivity index (χ0) is 17.2. The summed E-state index contributed by atoms with van der Waals surface area (Å²) < 4.78 is 0. The zero-order valence-corrected chi connectivity index (χ0v) is 13.7. The van der Waals surface area contributed by atoms with E-state index in [1.807, 2.05) is 49.4 Å². The highest BCUT2D eigenvalue weighted by Crippen LogP contribution is 2.33. The molecule has 0 bridgehead atoms. The number of aromatic nitrogens is 4. The number of rotatable bonds is 3. The number of benzene rings is 1. The summed E-state index contributed by atoms with van der Waals surface area (Å²) in [7, 11) is 0. The first-order chi connectivity index (χ1) is 12.2. The van der Waals surface area contributed by atoms with Crippen LogP contribution in [0.15, 0.2) is 71.8 Å². The summed E-state index contributed by atoms with van der Waals surface area (Å²) >= 11 is 0. The predicted molar refractivity (Wildman–Crippen MR) is 98.0 cm³/mol. The Balaban J connectivity index is 1.77. The van der Waals surface area contributed by atoms with Crippen molar-refractivity contribution >= 4 is 0 Å². The van der Waals surface area contributed by atoms with Gasteiger partial charge in [0.2, 0.25) is 5.56 Å². The minimum absolute atomic E-state index is 0.104.